The molecule has 1 aliphatic rings. The minimum Gasteiger partial charge on any atom is -0.495 e. The summed E-state index contributed by atoms with van der Waals surface area (Å²) in [6, 6.07) is 11.3. The molecule has 0 saturated carbocycles. The zero-order chi connectivity index (χ0) is 20.8. The van der Waals surface area contributed by atoms with Crippen LogP contribution in [0.3, 0.4) is 0 Å². The van der Waals surface area contributed by atoms with E-state index in [1.807, 2.05) is 18.2 Å². The number of carbonyl (C=O) groups is 1. The lowest BCUT2D eigenvalue weighted by atomic mass is 10.2. The van der Waals surface area contributed by atoms with Gasteiger partial charge in [-0.15, -0.1) is 0 Å². The number of methoxy groups -OCH3 is 3. The first kappa shape index (κ1) is 21.1. The van der Waals surface area contributed by atoms with Gasteiger partial charge in [0.2, 0.25) is 5.91 Å². The van der Waals surface area contributed by atoms with Crippen molar-refractivity contribution < 1.29 is 19.0 Å². The summed E-state index contributed by atoms with van der Waals surface area (Å²) in [6.07, 6.45) is 0. The summed E-state index contributed by atoms with van der Waals surface area (Å²) < 4.78 is 16.0. The summed E-state index contributed by atoms with van der Waals surface area (Å²) in [6.45, 7) is 3.52. The normalized spacial score (nSPS) is 14.4. The molecule has 0 radical (unpaired) electrons. The van der Waals surface area contributed by atoms with Crippen molar-refractivity contribution in [1.82, 2.24) is 4.90 Å². The second-order valence-electron chi connectivity index (χ2n) is 6.67. The average molecular weight is 420 g/mol. The number of ether oxygens (including phenoxy) is 3. The highest BCUT2D eigenvalue weighted by Gasteiger charge is 2.22. The van der Waals surface area contributed by atoms with E-state index in [1.54, 1.807) is 19.2 Å². The molecular weight excluding hydrogens is 394 g/mol. The third-order valence-corrected chi connectivity index (χ3v) is 5.21. The summed E-state index contributed by atoms with van der Waals surface area (Å²) in [5.41, 5.74) is 1.61. The number of hydrogen-bond acceptors (Lipinski definition) is 6. The molecule has 0 spiro atoms. The Hall–Kier alpha value is -2.64. The molecule has 1 saturated heterocycles. The van der Waals surface area contributed by atoms with Gasteiger partial charge in [-0.3, -0.25) is 9.69 Å². The second kappa shape index (κ2) is 9.71. The first-order valence-electron chi connectivity index (χ1n) is 9.37. The van der Waals surface area contributed by atoms with Gasteiger partial charge in [0.25, 0.3) is 0 Å². The van der Waals surface area contributed by atoms with E-state index in [-0.39, 0.29) is 5.91 Å². The fraction of sp³-hybridized carbons (Fsp3) is 0.381. The molecule has 2 aromatic carbocycles. The molecule has 1 amide bonds. The van der Waals surface area contributed by atoms with Gasteiger partial charge in [0.15, 0.2) is 0 Å². The number of nitrogens with one attached hydrogen (secondary N) is 1. The molecule has 8 heteroatoms. The predicted molar refractivity (Wildman–Crippen MR) is 115 cm³/mol. The molecule has 0 bridgehead atoms. The summed E-state index contributed by atoms with van der Waals surface area (Å²) in [4.78, 5) is 17.0. The van der Waals surface area contributed by atoms with Gasteiger partial charge in [0.05, 0.1) is 44.3 Å². The highest BCUT2D eigenvalue weighted by Crippen LogP contribution is 2.36. The van der Waals surface area contributed by atoms with E-state index < -0.39 is 0 Å². The maximum Gasteiger partial charge on any atom is 0.238 e. The van der Waals surface area contributed by atoms with Crippen LogP contribution in [0.15, 0.2) is 36.4 Å². The number of piperazine rings is 1. The Bertz CT molecular complexity index is 854. The number of nitrogens with zero attached hydrogens (tertiary/aromatic N) is 2. The molecule has 0 aliphatic carbocycles. The van der Waals surface area contributed by atoms with Crippen molar-refractivity contribution in [3.63, 3.8) is 0 Å². The van der Waals surface area contributed by atoms with Gasteiger partial charge in [-0.1, -0.05) is 23.7 Å². The lowest BCUT2D eigenvalue weighted by molar-refractivity contribution is -0.117. The van der Waals surface area contributed by atoms with E-state index in [2.05, 4.69) is 21.2 Å². The van der Waals surface area contributed by atoms with Gasteiger partial charge < -0.3 is 24.4 Å². The molecule has 2 aromatic rings. The van der Waals surface area contributed by atoms with E-state index in [4.69, 9.17) is 25.8 Å². The van der Waals surface area contributed by atoms with Gasteiger partial charge in [-0.05, 0) is 12.1 Å². The standard InChI is InChI=1S/C21H26ClN3O4/c1-27-18-7-5-4-6-17(18)25-10-8-24(9-11-25)14-21(26)23-16-13-19(28-2)15(22)12-20(16)29-3/h4-7,12-13H,8-11,14H2,1-3H3,(H,23,26). The molecule has 156 valence electrons. The van der Waals surface area contributed by atoms with E-state index in [9.17, 15) is 4.79 Å². The highest BCUT2D eigenvalue weighted by atomic mass is 35.5. The van der Waals surface area contributed by atoms with Crippen LogP contribution in [-0.4, -0.2) is 64.9 Å². The Morgan fingerprint density at radius 3 is 2.28 bits per heavy atom. The minimum absolute atomic E-state index is 0.113. The van der Waals surface area contributed by atoms with E-state index in [0.29, 0.717) is 28.8 Å². The van der Waals surface area contributed by atoms with Crippen LogP contribution in [0.2, 0.25) is 5.02 Å². The fourth-order valence-corrected chi connectivity index (χ4v) is 3.62. The molecule has 1 heterocycles. The molecule has 1 N–H and O–H groups in total. The van der Waals surface area contributed by atoms with Crippen molar-refractivity contribution in [2.75, 3.05) is 64.3 Å². The second-order valence-corrected chi connectivity index (χ2v) is 7.08. The Kier molecular flexibility index (Phi) is 7.06. The SMILES string of the molecule is COc1cc(NC(=O)CN2CCN(c3ccccc3OC)CC2)c(OC)cc1Cl. The quantitative estimate of drug-likeness (QED) is 0.744. The Morgan fingerprint density at radius 1 is 0.966 bits per heavy atom. The first-order chi connectivity index (χ1) is 14.0. The van der Waals surface area contributed by atoms with Crippen LogP contribution in [0, 0.1) is 0 Å². The Labute approximate surface area is 176 Å². The van der Waals surface area contributed by atoms with E-state index in [0.717, 1.165) is 37.6 Å². The molecule has 7 nitrogen and oxygen atoms in total. The summed E-state index contributed by atoms with van der Waals surface area (Å²) in [7, 11) is 4.74. The van der Waals surface area contributed by atoms with Crippen LogP contribution in [0.5, 0.6) is 17.2 Å². The molecule has 0 atom stereocenters. The fourth-order valence-electron chi connectivity index (χ4n) is 3.39. The van der Waals surface area contributed by atoms with Crippen LogP contribution in [0.25, 0.3) is 0 Å². The number of halogens is 1. The first-order valence-corrected chi connectivity index (χ1v) is 9.75. The van der Waals surface area contributed by atoms with Crippen LogP contribution in [-0.2, 0) is 4.79 Å². The van der Waals surface area contributed by atoms with Crippen LogP contribution in [0.4, 0.5) is 11.4 Å². The lowest BCUT2D eigenvalue weighted by Gasteiger charge is -2.36. The van der Waals surface area contributed by atoms with Crippen molar-refractivity contribution in [2.45, 2.75) is 0 Å². The van der Waals surface area contributed by atoms with Crippen molar-refractivity contribution >= 4 is 28.9 Å². The molecule has 1 aliphatic heterocycles. The van der Waals surface area contributed by atoms with Crippen molar-refractivity contribution in [3.05, 3.63) is 41.4 Å². The largest absolute Gasteiger partial charge is 0.495 e. The van der Waals surface area contributed by atoms with Crippen LogP contribution < -0.4 is 24.4 Å². The number of amides is 1. The molecule has 1 fully saturated rings. The van der Waals surface area contributed by atoms with Crippen LogP contribution in [0.1, 0.15) is 0 Å². The average Bonchev–Trinajstić information content (AvgIpc) is 2.75. The van der Waals surface area contributed by atoms with E-state index >= 15 is 0 Å². The molecule has 3 rings (SSSR count). The summed E-state index contributed by atoms with van der Waals surface area (Å²) in [5, 5.41) is 3.32. The number of benzene rings is 2. The van der Waals surface area contributed by atoms with Gasteiger partial charge in [0, 0.05) is 38.3 Å². The number of hydrogen-bond donors (Lipinski definition) is 1. The minimum atomic E-state index is -0.113. The number of carbonyl (C=O) groups excluding carboxylic acids is 1. The van der Waals surface area contributed by atoms with E-state index in [1.165, 1.54) is 14.2 Å². The maximum absolute atomic E-state index is 12.6. The van der Waals surface area contributed by atoms with Crippen molar-refractivity contribution in [3.8, 4) is 17.2 Å². The molecule has 0 unspecified atom stereocenters. The topological polar surface area (TPSA) is 63.3 Å². The van der Waals surface area contributed by atoms with Crippen LogP contribution >= 0.6 is 11.6 Å². The lowest BCUT2D eigenvalue weighted by Crippen LogP contribution is -2.48. The third-order valence-electron chi connectivity index (χ3n) is 4.91. The number of anilines is 2. The van der Waals surface area contributed by atoms with Gasteiger partial charge in [0.1, 0.15) is 17.2 Å². The monoisotopic (exact) mass is 419 g/mol. The Balaban J connectivity index is 1.58. The van der Waals surface area contributed by atoms with Gasteiger partial charge in [-0.25, -0.2) is 0 Å². The summed E-state index contributed by atoms with van der Waals surface area (Å²) >= 11 is 6.12. The molecule has 29 heavy (non-hydrogen) atoms. The smallest absolute Gasteiger partial charge is 0.238 e. The Morgan fingerprint density at radius 2 is 1.62 bits per heavy atom. The number of rotatable bonds is 7. The van der Waals surface area contributed by atoms with Crippen molar-refractivity contribution in [1.29, 1.82) is 0 Å². The van der Waals surface area contributed by atoms with Gasteiger partial charge in [-0.2, -0.15) is 0 Å². The predicted octanol–water partition coefficient (Wildman–Crippen LogP) is 3.13. The molecular formula is C21H26ClN3O4. The maximum atomic E-state index is 12.6. The van der Waals surface area contributed by atoms with Crippen molar-refractivity contribution in [2.24, 2.45) is 0 Å². The molecule has 0 aromatic heterocycles. The summed E-state index contributed by atoms with van der Waals surface area (Å²) in [5.74, 6) is 1.72. The third kappa shape index (κ3) is 5.05. The highest BCUT2D eigenvalue weighted by molar-refractivity contribution is 6.32. The zero-order valence-electron chi connectivity index (χ0n) is 16.9. The van der Waals surface area contributed by atoms with Gasteiger partial charge >= 0.3 is 0 Å². The number of para-hydroxylation sites is 2. The zero-order valence-corrected chi connectivity index (χ0v) is 17.7.